The van der Waals surface area contributed by atoms with E-state index >= 15 is 0 Å². The maximum Gasteiger partial charge on any atom is 0.243 e. The zero-order chi connectivity index (χ0) is 51.2. The van der Waals surface area contributed by atoms with Crippen LogP contribution in [0.25, 0.3) is 16.9 Å². The number of amides is 2. The third-order valence-electron chi connectivity index (χ3n) is 16.0. The van der Waals surface area contributed by atoms with E-state index in [0.717, 1.165) is 99.9 Å². The topological polar surface area (TPSA) is 221 Å². The van der Waals surface area contributed by atoms with Crippen LogP contribution in [0.4, 0.5) is 23.0 Å². The molecule has 1 saturated carbocycles. The molecule has 11 rings (SSSR count). The Bertz CT molecular complexity index is 2940. The molecule has 8 heterocycles. The van der Waals surface area contributed by atoms with Crippen LogP contribution in [-0.4, -0.2) is 144 Å². The highest BCUT2D eigenvalue weighted by Crippen LogP contribution is 2.41. The van der Waals surface area contributed by atoms with Gasteiger partial charge in [-0.1, -0.05) is 43.3 Å². The van der Waals surface area contributed by atoms with E-state index in [4.69, 9.17) is 15.0 Å². The zero-order valence-electron chi connectivity index (χ0n) is 42.6. The number of hydrogen-bond acceptors (Lipinski definition) is 16. The fourth-order valence-electron chi connectivity index (χ4n) is 12.0. The molecule has 5 N–H and O–H groups in total. The Morgan fingerprint density at radius 2 is 1.62 bits per heavy atom. The van der Waals surface area contributed by atoms with Crippen LogP contribution < -0.4 is 30.5 Å². The number of phenols is 1. The Morgan fingerprint density at radius 1 is 0.865 bits per heavy atom. The number of para-hydroxylation sites is 1. The number of phenolic OH excluding ortho intramolecular Hbond substituents is 1. The molecule has 6 atom stereocenters. The number of nitrogens with zero attached hydrogens (tertiary/aromatic N) is 11. The van der Waals surface area contributed by atoms with Gasteiger partial charge < -0.3 is 54.7 Å². The van der Waals surface area contributed by atoms with E-state index in [1.54, 1.807) is 18.3 Å². The number of nitrogens with two attached hydrogens (primary N) is 1. The Hall–Kier alpha value is -7.25. The summed E-state index contributed by atoms with van der Waals surface area (Å²) in [7, 11) is 0. The van der Waals surface area contributed by atoms with Gasteiger partial charge in [0, 0.05) is 119 Å². The lowest BCUT2D eigenvalue weighted by Crippen LogP contribution is -2.54. The number of carbonyl (C=O) groups is 2. The van der Waals surface area contributed by atoms with Crippen molar-refractivity contribution in [2.24, 2.45) is 11.8 Å². The lowest BCUT2D eigenvalue weighted by Gasteiger charge is -2.43. The van der Waals surface area contributed by atoms with Crippen LogP contribution in [0.1, 0.15) is 82.0 Å². The molecular weight excluding hydrogens is 939 g/mol. The fraction of sp³-hybridized carbons (Fsp3) is 0.473. The molecule has 19 nitrogen and oxygen atoms in total. The molecule has 4 saturated heterocycles. The Kier molecular flexibility index (Phi) is 13.6. The number of imidazole rings is 1. The van der Waals surface area contributed by atoms with Gasteiger partial charge in [0.25, 0.3) is 0 Å². The second kappa shape index (κ2) is 20.6. The summed E-state index contributed by atoms with van der Waals surface area (Å²) in [4.78, 5) is 48.2. The lowest BCUT2D eigenvalue weighted by molar-refractivity contribution is -0.141. The minimum Gasteiger partial charge on any atom is -0.507 e. The Labute approximate surface area is 431 Å². The number of piperazine rings is 2. The first-order valence-electron chi connectivity index (χ1n) is 26.2. The smallest absolute Gasteiger partial charge is 0.243 e. The maximum atomic E-state index is 14.4. The number of aromatic nitrogens is 6. The van der Waals surface area contributed by atoms with Gasteiger partial charge >= 0.3 is 0 Å². The first-order chi connectivity index (χ1) is 35.8. The van der Waals surface area contributed by atoms with Gasteiger partial charge in [-0.05, 0) is 93.3 Å². The quantitative estimate of drug-likeness (QED) is 0.0966. The number of nitrogen functional groups attached to an aromatic ring is 1. The third kappa shape index (κ3) is 9.93. The van der Waals surface area contributed by atoms with Crippen molar-refractivity contribution in [3.05, 3.63) is 109 Å². The van der Waals surface area contributed by atoms with Gasteiger partial charge in [-0.3, -0.25) is 14.5 Å². The van der Waals surface area contributed by atoms with Crippen molar-refractivity contribution in [1.29, 1.82) is 0 Å². The van der Waals surface area contributed by atoms with E-state index in [0.29, 0.717) is 52.5 Å². The number of likely N-dealkylation sites (tertiary alicyclic amines) is 1. The molecule has 4 aliphatic heterocycles. The molecule has 6 aromatic rings. The molecule has 0 radical (unpaired) electrons. The van der Waals surface area contributed by atoms with Crippen molar-refractivity contribution in [2.75, 3.05) is 72.8 Å². The molecule has 2 aromatic carbocycles. The van der Waals surface area contributed by atoms with E-state index in [-0.39, 0.29) is 48.6 Å². The largest absolute Gasteiger partial charge is 0.507 e. The number of aryl methyl sites for hydroxylation is 1. The number of β-amino-alcohol motifs (C(OH)–C–C–N with tert-alkyl or cyclic N) is 1. The summed E-state index contributed by atoms with van der Waals surface area (Å²) in [5.74, 6) is 2.43. The highest BCUT2D eigenvalue weighted by molar-refractivity contribution is 5.91. The summed E-state index contributed by atoms with van der Waals surface area (Å²) in [5.41, 5.74) is 11.5. The average Bonchev–Trinajstić information content (AvgIpc) is 4.20. The van der Waals surface area contributed by atoms with Gasteiger partial charge in [0.1, 0.15) is 29.6 Å². The molecule has 0 spiro atoms. The van der Waals surface area contributed by atoms with Crippen molar-refractivity contribution >= 4 is 34.8 Å². The van der Waals surface area contributed by atoms with Crippen molar-refractivity contribution in [2.45, 2.75) is 102 Å². The number of rotatable bonds is 15. The molecule has 19 heteroatoms. The molecule has 5 aliphatic rings. The number of nitrogens with one attached hydrogen (secondary N) is 1. The van der Waals surface area contributed by atoms with Gasteiger partial charge in [-0.25, -0.2) is 9.97 Å². The van der Waals surface area contributed by atoms with E-state index in [1.807, 2.05) is 93.2 Å². The minimum absolute atomic E-state index is 0.0724. The number of hydrogen-bond donors (Lipinski definition) is 4. The van der Waals surface area contributed by atoms with Gasteiger partial charge in [0.15, 0.2) is 17.4 Å². The van der Waals surface area contributed by atoms with Crippen LogP contribution in [0.5, 0.6) is 11.6 Å². The SMILES string of the molecule is Cc1nccn1-c1ccc([C@H](C)NC(=O)[C@@H]2C[C@@H](O)CN2C(=O)[C@H](c2cc(N3CCN(CC4CC(Oc5cc(N6C7CCC6CN(c6cc(-c8ccccc8O)nnc6N)C7)ccn5)C4)CC3)no2)C(C)C)cc1. The second-order valence-corrected chi connectivity index (χ2v) is 21.3. The van der Waals surface area contributed by atoms with E-state index in [9.17, 15) is 19.8 Å². The van der Waals surface area contributed by atoms with Crippen molar-refractivity contribution in [3.8, 4) is 28.6 Å². The number of pyridine rings is 1. The number of ether oxygens (including phenoxy) is 1. The van der Waals surface area contributed by atoms with Gasteiger partial charge in [-0.15, -0.1) is 10.2 Å². The lowest BCUT2D eigenvalue weighted by atomic mass is 9.82. The van der Waals surface area contributed by atoms with Crippen molar-refractivity contribution < 1.29 is 29.1 Å². The molecule has 74 heavy (non-hydrogen) atoms. The molecule has 1 aliphatic carbocycles. The van der Waals surface area contributed by atoms with Crippen LogP contribution in [0.15, 0.2) is 95.9 Å². The summed E-state index contributed by atoms with van der Waals surface area (Å²) in [5, 5.41) is 37.4. The number of benzene rings is 2. The summed E-state index contributed by atoms with van der Waals surface area (Å²) in [6, 6.07) is 22.5. The zero-order valence-corrected chi connectivity index (χ0v) is 42.6. The molecule has 2 unspecified atom stereocenters. The number of anilines is 4. The minimum atomic E-state index is -0.814. The first kappa shape index (κ1) is 49.0. The predicted octanol–water partition coefficient (Wildman–Crippen LogP) is 5.72. The highest BCUT2D eigenvalue weighted by atomic mass is 16.5. The van der Waals surface area contributed by atoms with Crippen molar-refractivity contribution in [1.82, 2.24) is 45.0 Å². The molecule has 2 bridgehead atoms. The molecular formula is C55H67N13O6. The van der Waals surface area contributed by atoms with Gasteiger partial charge in [0.05, 0.1) is 23.5 Å². The maximum absolute atomic E-state index is 14.4. The number of carbonyl (C=O) groups excluding carboxylic acids is 2. The number of aromatic hydroxyl groups is 1. The average molecular weight is 1010 g/mol. The van der Waals surface area contributed by atoms with Crippen LogP contribution in [0.2, 0.25) is 0 Å². The Morgan fingerprint density at radius 3 is 2.34 bits per heavy atom. The third-order valence-corrected chi connectivity index (χ3v) is 16.0. The van der Waals surface area contributed by atoms with Crippen LogP contribution in [-0.2, 0) is 9.59 Å². The normalized spacial score (nSPS) is 23.8. The van der Waals surface area contributed by atoms with E-state index < -0.39 is 18.1 Å². The number of aliphatic hydroxyl groups excluding tert-OH is 1. The van der Waals surface area contributed by atoms with E-state index in [1.165, 1.54) is 4.90 Å². The van der Waals surface area contributed by atoms with Crippen LogP contribution in [0.3, 0.4) is 0 Å². The summed E-state index contributed by atoms with van der Waals surface area (Å²) < 4.78 is 14.4. The van der Waals surface area contributed by atoms with Crippen LogP contribution in [0, 0.1) is 18.8 Å². The molecule has 5 fully saturated rings. The fourth-order valence-corrected chi connectivity index (χ4v) is 12.0. The monoisotopic (exact) mass is 1010 g/mol. The summed E-state index contributed by atoms with van der Waals surface area (Å²) >= 11 is 0. The van der Waals surface area contributed by atoms with E-state index in [2.05, 4.69) is 62.4 Å². The summed E-state index contributed by atoms with van der Waals surface area (Å²) in [6.07, 6.45) is 9.11. The Balaban J connectivity index is 0.642. The number of fused-ring (bicyclic) bond motifs is 2. The second-order valence-electron chi connectivity index (χ2n) is 21.3. The molecule has 388 valence electrons. The summed E-state index contributed by atoms with van der Waals surface area (Å²) in [6.45, 7) is 13.8. The molecule has 4 aromatic heterocycles. The standard InChI is InChI=1S/C55H67N13O6/c1-33(2)52(55(72)67-32-42(69)26-47(67)54(71)59-34(3)37-9-11-38(12-10-37)66-18-17-57-35(66)4)49-28-50(62-74-49)64-21-19-63(20-22-64)29-36-23-43(24-36)73-51-25-39(15-16-58-51)68-40-13-14-41(68)31-65(30-40)46-27-45(60-61-53(46)56)44-7-5-6-8-48(44)70/h5-12,15-18,25,27-28,33-34,36,40-43,47,52,69-70H,13-14,19-24,26,29-32H2,1-4H3,(H2,56,61)(H,59,71)/t34-,36?,40?,41?,42+,43?,47-,52-/m0/s1. The van der Waals surface area contributed by atoms with Gasteiger partial charge in [0.2, 0.25) is 17.7 Å². The van der Waals surface area contributed by atoms with Crippen molar-refractivity contribution in [3.63, 3.8) is 0 Å². The molecule has 2 amide bonds. The van der Waals surface area contributed by atoms with Crippen LogP contribution >= 0.6 is 0 Å². The highest BCUT2D eigenvalue weighted by Gasteiger charge is 2.45. The number of aliphatic hydroxyl groups is 1. The van der Waals surface area contributed by atoms with Gasteiger partial charge in [-0.2, -0.15) is 0 Å². The first-order valence-corrected chi connectivity index (χ1v) is 26.2. The predicted molar refractivity (Wildman–Crippen MR) is 280 cm³/mol.